The first-order chi connectivity index (χ1) is 18.8. The molecule has 39 heavy (non-hydrogen) atoms. The average Bonchev–Trinajstić information content (AvgIpc) is 3.38. The van der Waals surface area contributed by atoms with Crippen molar-refractivity contribution >= 4 is 52.2 Å². The van der Waals surface area contributed by atoms with Crippen LogP contribution in [0.4, 0.5) is 5.69 Å². The SMILES string of the molecule is COc1ccc(C(=O)Nc2ccccc2C(=O)N[C@H](C)C(=O)NNC(=O)CSc2nc3ccccc3o2)cc1. The number of nitrogens with zero attached hydrogens (tertiary/aromatic N) is 1. The van der Waals surface area contributed by atoms with Crippen molar-refractivity contribution in [2.75, 3.05) is 18.2 Å². The largest absolute Gasteiger partial charge is 0.497 e. The van der Waals surface area contributed by atoms with Gasteiger partial charge in [0.1, 0.15) is 17.3 Å². The molecule has 0 radical (unpaired) electrons. The number of anilines is 1. The minimum Gasteiger partial charge on any atom is -0.497 e. The number of thioether (sulfide) groups is 1. The van der Waals surface area contributed by atoms with Gasteiger partial charge in [0.05, 0.1) is 24.1 Å². The predicted molar refractivity (Wildman–Crippen MR) is 145 cm³/mol. The summed E-state index contributed by atoms with van der Waals surface area (Å²) in [5.41, 5.74) is 6.69. The smallest absolute Gasteiger partial charge is 0.260 e. The van der Waals surface area contributed by atoms with E-state index in [2.05, 4.69) is 26.5 Å². The van der Waals surface area contributed by atoms with Crippen LogP contribution in [-0.2, 0) is 9.59 Å². The molecule has 3 aromatic carbocycles. The van der Waals surface area contributed by atoms with Crippen LogP contribution < -0.4 is 26.2 Å². The van der Waals surface area contributed by atoms with Crippen LogP contribution >= 0.6 is 11.8 Å². The van der Waals surface area contributed by atoms with Gasteiger partial charge in [0.2, 0.25) is 5.91 Å². The van der Waals surface area contributed by atoms with Gasteiger partial charge in [-0.2, -0.15) is 0 Å². The van der Waals surface area contributed by atoms with Gasteiger partial charge in [-0.3, -0.25) is 30.0 Å². The Labute approximate surface area is 227 Å². The third-order valence-electron chi connectivity index (χ3n) is 5.44. The van der Waals surface area contributed by atoms with E-state index in [4.69, 9.17) is 9.15 Å². The molecule has 0 fully saturated rings. The minimum absolute atomic E-state index is 0.0465. The summed E-state index contributed by atoms with van der Waals surface area (Å²) in [6.45, 7) is 1.46. The Morgan fingerprint density at radius 2 is 1.64 bits per heavy atom. The third-order valence-corrected chi connectivity index (χ3v) is 6.27. The number of aromatic nitrogens is 1. The van der Waals surface area contributed by atoms with Crippen LogP contribution in [0.25, 0.3) is 11.1 Å². The molecule has 0 aliphatic rings. The molecule has 11 nitrogen and oxygen atoms in total. The molecular weight excluding hydrogens is 522 g/mol. The van der Waals surface area contributed by atoms with Crippen molar-refractivity contribution < 1.29 is 28.3 Å². The monoisotopic (exact) mass is 547 g/mol. The van der Waals surface area contributed by atoms with Crippen molar-refractivity contribution in [2.45, 2.75) is 18.2 Å². The number of carbonyl (C=O) groups excluding carboxylic acids is 4. The Hall–Kier alpha value is -4.84. The summed E-state index contributed by atoms with van der Waals surface area (Å²) in [6.07, 6.45) is 0. The number of hydrogen-bond donors (Lipinski definition) is 4. The zero-order valence-corrected chi connectivity index (χ0v) is 21.8. The molecule has 4 rings (SSSR count). The molecule has 12 heteroatoms. The van der Waals surface area contributed by atoms with Crippen molar-refractivity contribution in [1.82, 2.24) is 21.2 Å². The number of para-hydroxylation sites is 3. The predicted octanol–water partition coefficient (Wildman–Crippen LogP) is 3.15. The second kappa shape index (κ2) is 12.6. The van der Waals surface area contributed by atoms with E-state index in [1.54, 1.807) is 54.6 Å². The molecule has 1 aromatic heterocycles. The molecule has 200 valence electrons. The van der Waals surface area contributed by atoms with E-state index in [1.165, 1.54) is 20.1 Å². The Morgan fingerprint density at radius 3 is 2.38 bits per heavy atom. The van der Waals surface area contributed by atoms with E-state index in [0.29, 0.717) is 27.6 Å². The van der Waals surface area contributed by atoms with Gasteiger partial charge in [0.15, 0.2) is 5.58 Å². The van der Waals surface area contributed by atoms with E-state index < -0.39 is 29.7 Å². The van der Waals surface area contributed by atoms with Crippen LogP contribution in [0, 0.1) is 0 Å². The fourth-order valence-corrected chi connectivity index (χ4v) is 4.02. The molecule has 4 N–H and O–H groups in total. The van der Waals surface area contributed by atoms with Crippen LogP contribution in [0.3, 0.4) is 0 Å². The number of hydrazine groups is 1. The highest BCUT2D eigenvalue weighted by Crippen LogP contribution is 2.23. The zero-order valence-electron chi connectivity index (χ0n) is 21.0. The number of fused-ring (bicyclic) bond motifs is 1. The minimum atomic E-state index is -0.993. The molecule has 0 aliphatic heterocycles. The number of oxazole rings is 1. The van der Waals surface area contributed by atoms with Gasteiger partial charge in [0, 0.05) is 5.56 Å². The van der Waals surface area contributed by atoms with Crippen LogP contribution in [0.5, 0.6) is 5.75 Å². The lowest BCUT2D eigenvalue weighted by Crippen LogP contribution is -2.51. The summed E-state index contributed by atoms with van der Waals surface area (Å²) >= 11 is 1.08. The average molecular weight is 548 g/mol. The lowest BCUT2D eigenvalue weighted by molar-refractivity contribution is -0.128. The summed E-state index contributed by atoms with van der Waals surface area (Å²) in [7, 11) is 1.53. The summed E-state index contributed by atoms with van der Waals surface area (Å²) < 4.78 is 10.6. The molecule has 4 aromatic rings. The molecule has 0 saturated carbocycles. The fraction of sp³-hybridized carbons (Fsp3) is 0.148. The highest BCUT2D eigenvalue weighted by atomic mass is 32.2. The molecule has 0 bridgehead atoms. The Balaban J connectivity index is 1.27. The van der Waals surface area contributed by atoms with Crippen molar-refractivity contribution in [1.29, 1.82) is 0 Å². The standard InChI is InChI=1S/C27H25N5O6S/c1-16(24(34)32-31-23(33)15-39-27-30-21-9-5-6-10-22(21)38-27)28-26(36)19-7-3-4-8-20(19)29-25(35)17-11-13-18(37-2)14-12-17/h3-14,16H,15H2,1-2H3,(H,28,36)(H,29,35)(H,31,33)(H,32,34)/t16-/m1/s1. The Bertz CT molecular complexity index is 1470. The van der Waals surface area contributed by atoms with Gasteiger partial charge in [0.25, 0.3) is 22.9 Å². The molecule has 1 heterocycles. The van der Waals surface area contributed by atoms with E-state index in [9.17, 15) is 19.2 Å². The highest BCUT2D eigenvalue weighted by molar-refractivity contribution is 7.99. The van der Waals surface area contributed by atoms with E-state index in [1.807, 2.05) is 12.1 Å². The topological polar surface area (TPSA) is 152 Å². The van der Waals surface area contributed by atoms with Gasteiger partial charge in [-0.1, -0.05) is 36.0 Å². The number of rotatable bonds is 9. The summed E-state index contributed by atoms with van der Waals surface area (Å²) in [5.74, 6) is -1.56. The van der Waals surface area contributed by atoms with Crippen molar-refractivity contribution in [3.8, 4) is 5.75 Å². The molecular formula is C27H25N5O6S. The van der Waals surface area contributed by atoms with Crippen LogP contribution in [0.2, 0.25) is 0 Å². The van der Waals surface area contributed by atoms with Crippen molar-refractivity contribution in [2.24, 2.45) is 0 Å². The van der Waals surface area contributed by atoms with Gasteiger partial charge in [-0.25, -0.2) is 4.98 Å². The van der Waals surface area contributed by atoms with Gasteiger partial charge in [-0.05, 0) is 55.5 Å². The summed E-state index contributed by atoms with van der Waals surface area (Å²) in [6, 6.07) is 19.1. The highest BCUT2D eigenvalue weighted by Gasteiger charge is 2.20. The fourth-order valence-electron chi connectivity index (χ4n) is 3.38. The maximum atomic E-state index is 12.9. The first kappa shape index (κ1) is 27.2. The second-order valence-corrected chi connectivity index (χ2v) is 9.12. The van der Waals surface area contributed by atoms with Crippen LogP contribution in [-0.4, -0.2) is 47.5 Å². The molecule has 0 unspecified atom stereocenters. The van der Waals surface area contributed by atoms with E-state index in [-0.39, 0.29) is 17.0 Å². The number of benzene rings is 3. The first-order valence-electron chi connectivity index (χ1n) is 11.8. The number of ether oxygens (including phenoxy) is 1. The summed E-state index contributed by atoms with van der Waals surface area (Å²) in [4.78, 5) is 54.4. The maximum absolute atomic E-state index is 12.9. The first-order valence-corrected chi connectivity index (χ1v) is 12.7. The number of amides is 4. The lowest BCUT2D eigenvalue weighted by atomic mass is 10.1. The Morgan fingerprint density at radius 1 is 0.923 bits per heavy atom. The number of methoxy groups -OCH3 is 1. The van der Waals surface area contributed by atoms with E-state index in [0.717, 1.165) is 11.8 Å². The summed E-state index contributed by atoms with van der Waals surface area (Å²) in [5, 5.41) is 5.60. The van der Waals surface area contributed by atoms with E-state index >= 15 is 0 Å². The number of nitrogens with one attached hydrogen (secondary N) is 4. The van der Waals surface area contributed by atoms with Gasteiger partial charge >= 0.3 is 0 Å². The second-order valence-electron chi connectivity index (χ2n) is 8.20. The maximum Gasteiger partial charge on any atom is 0.260 e. The molecule has 1 atom stereocenters. The normalized spacial score (nSPS) is 11.3. The van der Waals surface area contributed by atoms with Crippen molar-refractivity contribution in [3.63, 3.8) is 0 Å². The van der Waals surface area contributed by atoms with Gasteiger partial charge < -0.3 is 19.8 Å². The van der Waals surface area contributed by atoms with Crippen LogP contribution in [0.1, 0.15) is 27.6 Å². The quantitative estimate of drug-likeness (QED) is 0.184. The molecule has 4 amide bonds. The lowest BCUT2D eigenvalue weighted by Gasteiger charge is -2.16. The van der Waals surface area contributed by atoms with Crippen LogP contribution in [0.15, 0.2) is 82.4 Å². The third kappa shape index (κ3) is 7.14. The van der Waals surface area contributed by atoms with Gasteiger partial charge in [-0.15, -0.1) is 0 Å². The Kier molecular flexibility index (Phi) is 8.79. The molecule has 0 spiro atoms. The zero-order chi connectivity index (χ0) is 27.8. The molecule has 0 saturated heterocycles. The van der Waals surface area contributed by atoms with Crippen molar-refractivity contribution in [3.05, 3.63) is 83.9 Å². The number of hydrogen-bond acceptors (Lipinski definition) is 8. The molecule has 0 aliphatic carbocycles. The number of carbonyl (C=O) groups is 4.